The highest BCUT2D eigenvalue weighted by Crippen LogP contribution is 2.27. The summed E-state index contributed by atoms with van der Waals surface area (Å²) in [6.45, 7) is 0.814. The van der Waals surface area contributed by atoms with Crippen LogP contribution in [-0.2, 0) is 16.6 Å². The minimum absolute atomic E-state index is 0.0479. The average molecular weight is 327 g/mol. The number of rotatable bonds is 6. The first-order valence-electron chi connectivity index (χ1n) is 5.96. The number of hydrogen-bond donors (Lipinski definition) is 2. The summed E-state index contributed by atoms with van der Waals surface area (Å²) in [6.07, 6.45) is -5.74. The first kappa shape index (κ1) is 17.7. The molecule has 0 saturated heterocycles. The van der Waals surface area contributed by atoms with Crippen molar-refractivity contribution in [3.8, 4) is 5.75 Å². The van der Waals surface area contributed by atoms with Crippen LogP contribution < -0.4 is 9.46 Å². The molecule has 0 fully saturated rings. The molecule has 5 nitrogen and oxygen atoms in total. The molecule has 0 spiro atoms. The van der Waals surface area contributed by atoms with E-state index in [4.69, 9.17) is 9.84 Å². The number of alkyl halides is 3. The zero-order valence-corrected chi connectivity index (χ0v) is 12.3. The Morgan fingerprint density at radius 1 is 1.38 bits per heavy atom. The van der Waals surface area contributed by atoms with Crippen molar-refractivity contribution in [1.82, 2.24) is 4.72 Å². The van der Waals surface area contributed by atoms with Crippen LogP contribution in [0, 0.1) is 0 Å². The number of ether oxygens (including phenoxy) is 1. The maximum Gasteiger partial charge on any atom is 0.390 e. The molecule has 1 aromatic carbocycles. The summed E-state index contributed by atoms with van der Waals surface area (Å²) in [5.74, 6) is -0.0479. The topological polar surface area (TPSA) is 75.6 Å². The maximum absolute atomic E-state index is 12.2. The minimum atomic E-state index is -4.47. The predicted octanol–water partition coefficient (Wildman–Crippen LogP) is 1.81. The summed E-state index contributed by atoms with van der Waals surface area (Å²) in [7, 11) is -2.93. The fourth-order valence-corrected chi connectivity index (χ4v) is 3.14. The molecule has 2 N–H and O–H groups in total. The summed E-state index contributed by atoms with van der Waals surface area (Å²) in [6, 6.07) is 2.53. The van der Waals surface area contributed by atoms with Gasteiger partial charge in [0.25, 0.3) is 0 Å². The molecule has 0 aromatic heterocycles. The SMILES string of the molecule is COc1cc(CO)ccc1S(=O)(=O)NC(C)CC(F)(F)F. The Morgan fingerprint density at radius 2 is 2.00 bits per heavy atom. The van der Waals surface area contributed by atoms with Crippen molar-refractivity contribution in [2.24, 2.45) is 0 Å². The number of halogens is 3. The lowest BCUT2D eigenvalue weighted by molar-refractivity contribution is -0.137. The molecule has 1 aromatic rings. The Balaban J connectivity index is 3.03. The second-order valence-corrected chi connectivity index (χ2v) is 6.17. The van der Waals surface area contributed by atoms with Crippen LogP contribution in [0.15, 0.2) is 23.1 Å². The van der Waals surface area contributed by atoms with E-state index in [9.17, 15) is 21.6 Å². The number of nitrogens with one attached hydrogen (secondary N) is 1. The third-order valence-corrected chi connectivity index (χ3v) is 4.22. The van der Waals surface area contributed by atoms with E-state index in [2.05, 4.69) is 0 Å². The monoisotopic (exact) mass is 327 g/mol. The fraction of sp³-hybridized carbons (Fsp3) is 0.500. The van der Waals surface area contributed by atoms with Crippen molar-refractivity contribution in [2.45, 2.75) is 37.1 Å². The third-order valence-electron chi connectivity index (χ3n) is 2.59. The Kier molecular flexibility index (Phi) is 5.60. The van der Waals surface area contributed by atoms with Gasteiger partial charge in [-0.05, 0) is 24.6 Å². The van der Waals surface area contributed by atoms with Crippen LogP contribution in [0.5, 0.6) is 5.75 Å². The molecule has 0 aliphatic carbocycles. The molecule has 21 heavy (non-hydrogen) atoms. The largest absolute Gasteiger partial charge is 0.495 e. The third kappa shape index (κ3) is 5.18. The molecular formula is C12H16F3NO4S. The van der Waals surface area contributed by atoms with Gasteiger partial charge in [-0.1, -0.05) is 6.07 Å². The average Bonchev–Trinajstić information content (AvgIpc) is 2.34. The lowest BCUT2D eigenvalue weighted by Crippen LogP contribution is -2.36. The van der Waals surface area contributed by atoms with Crippen molar-refractivity contribution in [1.29, 1.82) is 0 Å². The smallest absolute Gasteiger partial charge is 0.390 e. The van der Waals surface area contributed by atoms with E-state index in [1.165, 1.54) is 25.3 Å². The Bertz CT molecular complexity index is 587. The van der Waals surface area contributed by atoms with E-state index in [0.29, 0.717) is 5.56 Å². The molecular weight excluding hydrogens is 311 g/mol. The number of benzene rings is 1. The van der Waals surface area contributed by atoms with Gasteiger partial charge in [-0.15, -0.1) is 0 Å². The van der Waals surface area contributed by atoms with Gasteiger partial charge in [0.15, 0.2) is 0 Å². The van der Waals surface area contributed by atoms with E-state index >= 15 is 0 Å². The van der Waals surface area contributed by atoms with Gasteiger partial charge in [0.2, 0.25) is 10.0 Å². The van der Waals surface area contributed by atoms with Crippen molar-refractivity contribution < 1.29 is 31.4 Å². The van der Waals surface area contributed by atoms with Crippen LogP contribution in [0.3, 0.4) is 0 Å². The number of aliphatic hydroxyl groups is 1. The van der Waals surface area contributed by atoms with Crippen LogP contribution in [0.25, 0.3) is 0 Å². The Hall–Kier alpha value is -1.32. The summed E-state index contributed by atoms with van der Waals surface area (Å²) in [4.78, 5) is -0.281. The highest BCUT2D eigenvalue weighted by Gasteiger charge is 2.32. The number of methoxy groups -OCH3 is 1. The summed E-state index contributed by atoms with van der Waals surface area (Å²) >= 11 is 0. The van der Waals surface area contributed by atoms with Gasteiger partial charge in [0.1, 0.15) is 10.6 Å². The minimum Gasteiger partial charge on any atom is -0.495 e. The molecule has 0 radical (unpaired) electrons. The molecule has 0 saturated carbocycles. The molecule has 0 heterocycles. The molecule has 1 atom stereocenters. The van der Waals surface area contributed by atoms with E-state index in [0.717, 1.165) is 6.92 Å². The van der Waals surface area contributed by atoms with E-state index in [-0.39, 0.29) is 17.3 Å². The lowest BCUT2D eigenvalue weighted by atomic mass is 10.2. The summed E-state index contributed by atoms with van der Waals surface area (Å²) in [5, 5.41) is 8.98. The molecule has 0 amide bonds. The molecule has 9 heteroatoms. The fourth-order valence-electron chi connectivity index (χ4n) is 1.75. The van der Waals surface area contributed by atoms with Crippen molar-refractivity contribution >= 4 is 10.0 Å². The Morgan fingerprint density at radius 3 is 2.48 bits per heavy atom. The van der Waals surface area contributed by atoms with Crippen LogP contribution >= 0.6 is 0 Å². The van der Waals surface area contributed by atoms with Gasteiger partial charge in [-0.3, -0.25) is 0 Å². The quantitative estimate of drug-likeness (QED) is 0.835. The van der Waals surface area contributed by atoms with E-state index < -0.39 is 28.7 Å². The highest BCUT2D eigenvalue weighted by atomic mass is 32.2. The molecule has 0 bridgehead atoms. The molecule has 0 aliphatic rings. The standard InChI is InChI=1S/C12H16F3NO4S/c1-8(6-12(13,14)15)16-21(18,19)11-4-3-9(7-17)5-10(11)20-2/h3-5,8,16-17H,6-7H2,1-2H3. The number of hydrogen-bond acceptors (Lipinski definition) is 4. The normalized spacial score (nSPS) is 14.0. The second kappa shape index (κ2) is 6.63. The second-order valence-electron chi connectivity index (χ2n) is 4.48. The molecule has 0 aliphatic heterocycles. The van der Waals surface area contributed by atoms with Crippen molar-refractivity contribution in [2.75, 3.05) is 7.11 Å². The number of aliphatic hydroxyl groups excluding tert-OH is 1. The van der Waals surface area contributed by atoms with Crippen LogP contribution in [-0.4, -0.2) is 32.9 Å². The van der Waals surface area contributed by atoms with Gasteiger partial charge in [0.05, 0.1) is 20.1 Å². The predicted molar refractivity (Wildman–Crippen MR) is 69.4 cm³/mol. The highest BCUT2D eigenvalue weighted by molar-refractivity contribution is 7.89. The van der Waals surface area contributed by atoms with Gasteiger partial charge < -0.3 is 9.84 Å². The summed E-state index contributed by atoms with van der Waals surface area (Å²) < 4.78 is 67.8. The zero-order chi connectivity index (χ0) is 16.3. The zero-order valence-electron chi connectivity index (χ0n) is 11.4. The van der Waals surface area contributed by atoms with Gasteiger partial charge >= 0.3 is 6.18 Å². The van der Waals surface area contributed by atoms with Crippen LogP contribution in [0.4, 0.5) is 13.2 Å². The van der Waals surface area contributed by atoms with E-state index in [1.54, 1.807) is 0 Å². The van der Waals surface area contributed by atoms with Crippen molar-refractivity contribution in [3.05, 3.63) is 23.8 Å². The molecule has 1 rings (SSSR count). The maximum atomic E-state index is 12.2. The number of sulfonamides is 1. The van der Waals surface area contributed by atoms with Crippen LogP contribution in [0.2, 0.25) is 0 Å². The Labute approximate surface area is 120 Å². The molecule has 120 valence electrons. The summed E-state index contributed by atoms with van der Waals surface area (Å²) in [5.41, 5.74) is 0.425. The van der Waals surface area contributed by atoms with Gasteiger partial charge in [-0.25, -0.2) is 13.1 Å². The first-order chi connectivity index (χ1) is 9.59. The lowest BCUT2D eigenvalue weighted by Gasteiger charge is -2.17. The van der Waals surface area contributed by atoms with Gasteiger partial charge in [-0.2, -0.15) is 13.2 Å². The van der Waals surface area contributed by atoms with Crippen LogP contribution in [0.1, 0.15) is 18.9 Å². The first-order valence-corrected chi connectivity index (χ1v) is 7.44. The molecule has 1 unspecified atom stereocenters. The van der Waals surface area contributed by atoms with E-state index in [1.807, 2.05) is 4.72 Å². The van der Waals surface area contributed by atoms with Crippen molar-refractivity contribution in [3.63, 3.8) is 0 Å². The van der Waals surface area contributed by atoms with Gasteiger partial charge in [0, 0.05) is 6.04 Å².